The van der Waals surface area contributed by atoms with Crippen LogP contribution in [-0.2, 0) is 19.4 Å². The molecule has 1 N–H and O–H groups in total. The normalized spacial score (nSPS) is 18.5. The smallest absolute Gasteiger partial charge is 0.0704 e. The van der Waals surface area contributed by atoms with E-state index in [2.05, 4.69) is 46.4 Å². The second-order valence-corrected chi connectivity index (χ2v) is 8.75. The minimum absolute atomic E-state index is 0.540. The van der Waals surface area contributed by atoms with Crippen LogP contribution in [-0.4, -0.2) is 0 Å². The van der Waals surface area contributed by atoms with Gasteiger partial charge in [0.1, 0.15) is 0 Å². The molecule has 0 amide bonds. The molecule has 0 aromatic carbocycles. The van der Waals surface area contributed by atoms with Crippen LogP contribution in [0.1, 0.15) is 46.0 Å². The SMILES string of the molecule is CCc1ccc(CNC2CCCc3sc(Br)cc32)s1. The first-order valence-electron chi connectivity index (χ1n) is 6.85. The van der Waals surface area contributed by atoms with Crippen LogP contribution >= 0.6 is 38.6 Å². The minimum atomic E-state index is 0.540. The zero-order valence-corrected chi connectivity index (χ0v) is 14.3. The lowest BCUT2D eigenvalue weighted by atomic mass is 9.94. The second kappa shape index (κ2) is 6.08. The van der Waals surface area contributed by atoms with Crippen molar-refractivity contribution in [1.29, 1.82) is 0 Å². The maximum absolute atomic E-state index is 3.74. The predicted molar refractivity (Wildman–Crippen MR) is 88.2 cm³/mol. The molecule has 0 spiro atoms. The van der Waals surface area contributed by atoms with Crippen molar-refractivity contribution in [1.82, 2.24) is 5.32 Å². The van der Waals surface area contributed by atoms with Crippen molar-refractivity contribution >= 4 is 38.6 Å². The fraction of sp³-hybridized carbons (Fsp3) is 0.467. The van der Waals surface area contributed by atoms with Crippen molar-refractivity contribution in [2.75, 3.05) is 0 Å². The van der Waals surface area contributed by atoms with Gasteiger partial charge < -0.3 is 5.32 Å². The summed E-state index contributed by atoms with van der Waals surface area (Å²) in [5.74, 6) is 0. The molecule has 0 aliphatic heterocycles. The van der Waals surface area contributed by atoms with Crippen LogP contribution in [0.2, 0.25) is 0 Å². The van der Waals surface area contributed by atoms with Gasteiger partial charge in [0.05, 0.1) is 3.79 Å². The third kappa shape index (κ3) is 3.13. The van der Waals surface area contributed by atoms with Gasteiger partial charge in [0, 0.05) is 27.2 Å². The molecule has 0 radical (unpaired) electrons. The lowest BCUT2D eigenvalue weighted by Crippen LogP contribution is -2.23. The summed E-state index contributed by atoms with van der Waals surface area (Å²) in [5, 5.41) is 3.74. The Kier molecular flexibility index (Phi) is 4.42. The van der Waals surface area contributed by atoms with Crippen molar-refractivity contribution in [2.45, 2.75) is 45.2 Å². The second-order valence-electron chi connectivity index (χ2n) is 4.98. The predicted octanol–water partition coefficient (Wildman–Crippen LogP) is 5.30. The molecule has 1 unspecified atom stereocenters. The maximum Gasteiger partial charge on any atom is 0.0704 e. The first-order chi connectivity index (χ1) is 9.26. The highest BCUT2D eigenvalue weighted by atomic mass is 79.9. The van der Waals surface area contributed by atoms with E-state index in [-0.39, 0.29) is 0 Å². The molecule has 1 aliphatic carbocycles. The fourth-order valence-corrected chi connectivity index (χ4v) is 5.39. The molecule has 2 aromatic rings. The van der Waals surface area contributed by atoms with Crippen LogP contribution in [0.15, 0.2) is 22.0 Å². The summed E-state index contributed by atoms with van der Waals surface area (Å²) in [7, 11) is 0. The molecular weight excluding hydrogens is 338 g/mol. The minimum Gasteiger partial charge on any atom is -0.305 e. The largest absolute Gasteiger partial charge is 0.305 e. The highest BCUT2D eigenvalue weighted by Crippen LogP contribution is 2.38. The summed E-state index contributed by atoms with van der Waals surface area (Å²) in [6.45, 7) is 3.22. The van der Waals surface area contributed by atoms with Crippen LogP contribution < -0.4 is 5.32 Å². The number of halogens is 1. The number of aryl methyl sites for hydroxylation is 2. The highest BCUT2D eigenvalue weighted by Gasteiger charge is 2.22. The average molecular weight is 356 g/mol. The number of fused-ring (bicyclic) bond motifs is 1. The van der Waals surface area contributed by atoms with Gasteiger partial charge in [-0.15, -0.1) is 22.7 Å². The maximum atomic E-state index is 3.74. The Morgan fingerprint density at radius 2 is 2.16 bits per heavy atom. The third-order valence-electron chi connectivity index (χ3n) is 3.67. The molecular formula is C15H18BrNS2. The molecule has 0 saturated heterocycles. The summed E-state index contributed by atoms with van der Waals surface area (Å²) in [6, 6.07) is 7.38. The van der Waals surface area contributed by atoms with Gasteiger partial charge in [-0.1, -0.05) is 6.92 Å². The quantitative estimate of drug-likeness (QED) is 0.784. The Bertz CT molecular complexity index is 558. The first-order valence-corrected chi connectivity index (χ1v) is 9.28. The average Bonchev–Trinajstić information content (AvgIpc) is 3.01. The molecule has 1 nitrogen and oxygen atoms in total. The van der Waals surface area contributed by atoms with Crippen molar-refractivity contribution in [2.24, 2.45) is 0 Å². The van der Waals surface area contributed by atoms with Gasteiger partial charge in [-0.05, 0) is 65.4 Å². The Morgan fingerprint density at radius 3 is 2.95 bits per heavy atom. The fourth-order valence-electron chi connectivity index (χ4n) is 2.66. The van der Waals surface area contributed by atoms with Crippen molar-refractivity contribution in [3.05, 3.63) is 42.2 Å². The highest BCUT2D eigenvalue weighted by molar-refractivity contribution is 9.11. The van der Waals surface area contributed by atoms with E-state index in [1.165, 1.54) is 38.4 Å². The van der Waals surface area contributed by atoms with Gasteiger partial charge >= 0.3 is 0 Å². The molecule has 1 atom stereocenters. The van der Waals surface area contributed by atoms with Gasteiger partial charge in [0.2, 0.25) is 0 Å². The zero-order chi connectivity index (χ0) is 13.2. The summed E-state index contributed by atoms with van der Waals surface area (Å²) < 4.78 is 1.27. The Hall–Kier alpha value is -0.160. The van der Waals surface area contributed by atoms with Crippen LogP contribution in [0.3, 0.4) is 0 Å². The van der Waals surface area contributed by atoms with Gasteiger partial charge in [0.15, 0.2) is 0 Å². The van der Waals surface area contributed by atoms with Crippen molar-refractivity contribution in [3.63, 3.8) is 0 Å². The Balaban J connectivity index is 1.67. The number of hydrogen-bond acceptors (Lipinski definition) is 3. The van der Waals surface area contributed by atoms with Gasteiger partial charge in [-0.2, -0.15) is 0 Å². The van der Waals surface area contributed by atoms with Crippen LogP contribution in [0.5, 0.6) is 0 Å². The number of hydrogen-bond donors (Lipinski definition) is 1. The number of rotatable bonds is 4. The Labute approximate surface area is 131 Å². The molecule has 0 bridgehead atoms. The molecule has 4 heteroatoms. The lowest BCUT2D eigenvalue weighted by molar-refractivity contribution is 0.465. The third-order valence-corrected chi connectivity index (χ3v) is 6.62. The lowest BCUT2D eigenvalue weighted by Gasteiger charge is -2.23. The summed E-state index contributed by atoms with van der Waals surface area (Å²) in [5.41, 5.74) is 1.52. The van der Waals surface area contributed by atoms with Crippen molar-refractivity contribution in [3.8, 4) is 0 Å². The van der Waals surface area contributed by atoms with Gasteiger partial charge in [-0.25, -0.2) is 0 Å². The number of nitrogens with one attached hydrogen (secondary N) is 1. The summed E-state index contributed by atoms with van der Waals surface area (Å²) >= 11 is 7.46. The molecule has 1 aliphatic rings. The van der Waals surface area contributed by atoms with E-state index in [0.29, 0.717) is 6.04 Å². The van der Waals surface area contributed by atoms with Crippen molar-refractivity contribution < 1.29 is 0 Å². The van der Waals surface area contributed by atoms with E-state index >= 15 is 0 Å². The van der Waals surface area contributed by atoms with E-state index in [1.807, 2.05) is 22.7 Å². The molecule has 0 fully saturated rings. The molecule has 2 aromatic heterocycles. The zero-order valence-electron chi connectivity index (χ0n) is 11.0. The first kappa shape index (κ1) is 13.8. The van der Waals surface area contributed by atoms with E-state index < -0.39 is 0 Å². The van der Waals surface area contributed by atoms with E-state index in [0.717, 1.165) is 13.0 Å². The molecule has 3 rings (SSSR count). The number of thiophene rings is 2. The van der Waals surface area contributed by atoms with Gasteiger partial charge in [-0.3, -0.25) is 0 Å². The van der Waals surface area contributed by atoms with Crippen LogP contribution in [0, 0.1) is 0 Å². The molecule has 0 saturated carbocycles. The van der Waals surface area contributed by atoms with Gasteiger partial charge in [0.25, 0.3) is 0 Å². The van der Waals surface area contributed by atoms with Crippen LogP contribution in [0.25, 0.3) is 0 Å². The summed E-state index contributed by atoms with van der Waals surface area (Å²) in [6.07, 6.45) is 4.98. The van der Waals surface area contributed by atoms with E-state index in [1.54, 1.807) is 4.88 Å². The summed E-state index contributed by atoms with van der Waals surface area (Å²) in [4.78, 5) is 4.51. The Morgan fingerprint density at radius 1 is 1.32 bits per heavy atom. The molecule has 19 heavy (non-hydrogen) atoms. The standard InChI is InChI=1S/C15H18BrNS2/c1-2-10-6-7-11(18-10)9-17-13-4-3-5-14-12(13)8-15(16)19-14/h6-8,13,17H,2-5,9H2,1H3. The molecule has 102 valence electrons. The van der Waals surface area contributed by atoms with E-state index in [4.69, 9.17) is 0 Å². The molecule has 2 heterocycles. The van der Waals surface area contributed by atoms with E-state index in [9.17, 15) is 0 Å². The monoisotopic (exact) mass is 355 g/mol. The van der Waals surface area contributed by atoms with Crippen LogP contribution in [0.4, 0.5) is 0 Å². The topological polar surface area (TPSA) is 12.0 Å².